The summed E-state index contributed by atoms with van der Waals surface area (Å²) in [5.41, 5.74) is 0.523. The number of hydrogen-bond acceptors (Lipinski definition) is 1. The fraction of sp³-hybridized carbons (Fsp3) is 0.923. The first-order valence-electron chi connectivity index (χ1n) is 6.13. The molecule has 2 nitrogen and oxygen atoms in total. The Bertz CT molecular complexity index is 211. The third-order valence-corrected chi connectivity index (χ3v) is 3.89. The molecule has 0 spiro atoms. The van der Waals surface area contributed by atoms with Crippen molar-refractivity contribution < 1.29 is 9.90 Å². The van der Waals surface area contributed by atoms with Crippen LogP contribution in [0.3, 0.4) is 0 Å². The Labute approximate surface area is 93.1 Å². The van der Waals surface area contributed by atoms with Gasteiger partial charge in [0.2, 0.25) is 0 Å². The molecule has 0 amide bonds. The average molecular weight is 212 g/mol. The highest BCUT2D eigenvalue weighted by Gasteiger charge is 2.27. The van der Waals surface area contributed by atoms with E-state index < -0.39 is 5.97 Å². The van der Waals surface area contributed by atoms with E-state index in [0.29, 0.717) is 5.41 Å². The number of carbonyl (C=O) groups is 1. The van der Waals surface area contributed by atoms with Gasteiger partial charge in [0.05, 0.1) is 5.92 Å². The van der Waals surface area contributed by atoms with Crippen molar-refractivity contribution in [3.05, 3.63) is 0 Å². The van der Waals surface area contributed by atoms with E-state index >= 15 is 0 Å². The zero-order chi connectivity index (χ0) is 11.5. The second-order valence-corrected chi connectivity index (χ2v) is 5.92. The van der Waals surface area contributed by atoms with Gasteiger partial charge in [-0.2, -0.15) is 0 Å². The number of hydrogen-bond donors (Lipinski definition) is 1. The van der Waals surface area contributed by atoms with Gasteiger partial charge in [0.1, 0.15) is 0 Å². The first kappa shape index (κ1) is 12.5. The second-order valence-electron chi connectivity index (χ2n) is 5.92. The minimum absolute atomic E-state index is 0.167. The van der Waals surface area contributed by atoms with Gasteiger partial charge < -0.3 is 5.11 Å². The van der Waals surface area contributed by atoms with E-state index in [4.69, 9.17) is 5.11 Å². The lowest BCUT2D eigenvalue weighted by atomic mass is 9.72. The largest absolute Gasteiger partial charge is 0.481 e. The summed E-state index contributed by atoms with van der Waals surface area (Å²) in [6.07, 6.45) is 7.14. The molecule has 1 rings (SSSR count). The third kappa shape index (κ3) is 4.23. The molecule has 0 aromatic heterocycles. The van der Waals surface area contributed by atoms with Gasteiger partial charge in [-0.25, -0.2) is 0 Å². The van der Waals surface area contributed by atoms with E-state index in [9.17, 15) is 4.79 Å². The summed E-state index contributed by atoms with van der Waals surface area (Å²) < 4.78 is 0. The van der Waals surface area contributed by atoms with Crippen LogP contribution in [0, 0.1) is 17.3 Å². The maximum Gasteiger partial charge on any atom is 0.306 e. The van der Waals surface area contributed by atoms with Crippen LogP contribution < -0.4 is 0 Å². The molecule has 15 heavy (non-hydrogen) atoms. The van der Waals surface area contributed by atoms with Gasteiger partial charge in [-0.15, -0.1) is 0 Å². The number of carboxylic acid groups (broad SMARTS) is 1. The summed E-state index contributed by atoms with van der Waals surface area (Å²) in [4.78, 5) is 10.7. The van der Waals surface area contributed by atoms with Crippen molar-refractivity contribution in [3.8, 4) is 0 Å². The van der Waals surface area contributed by atoms with Crippen LogP contribution >= 0.6 is 0 Å². The van der Waals surface area contributed by atoms with Crippen molar-refractivity contribution in [2.75, 3.05) is 0 Å². The van der Waals surface area contributed by atoms with Crippen LogP contribution in [-0.2, 0) is 4.79 Å². The molecule has 2 heteroatoms. The van der Waals surface area contributed by atoms with Gasteiger partial charge in [-0.1, -0.05) is 20.8 Å². The van der Waals surface area contributed by atoms with Gasteiger partial charge >= 0.3 is 5.97 Å². The molecular weight excluding hydrogens is 188 g/mol. The van der Waals surface area contributed by atoms with Crippen LogP contribution in [-0.4, -0.2) is 11.1 Å². The molecule has 0 aromatic rings. The monoisotopic (exact) mass is 212 g/mol. The minimum atomic E-state index is -0.647. The van der Waals surface area contributed by atoms with Gasteiger partial charge in [0.25, 0.3) is 0 Å². The molecule has 0 aromatic carbocycles. The van der Waals surface area contributed by atoms with Crippen molar-refractivity contribution >= 4 is 5.97 Å². The van der Waals surface area contributed by atoms with E-state index in [1.807, 2.05) is 6.92 Å². The molecule has 1 N–H and O–H groups in total. The second kappa shape index (κ2) is 5.00. The summed E-state index contributed by atoms with van der Waals surface area (Å²) in [5.74, 6) is -0.0362. The fourth-order valence-electron chi connectivity index (χ4n) is 2.36. The Kier molecular flexibility index (Phi) is 4.18. The van der Waals surface area contributed by atoms with E-state index in [0.717, 1.165) is 18.8 Å². The lowest BCUT2D eigenvalue weighted by molar-refractivity contribution is -0.141. The summed E-state index contributed by atoms with van der Waals surface area (Å²) >= 11 is 0. The molecule has 0 aliphatic heterocycles. The summed E-state index contributed by atoms with van der Waals surface area (Å²) in [6, 6.07) is 0. The zero-order valence-electron chi connectivity index (χ0n) is 10.3. The molecule has 1 saturated carbocycles. The van der Waals surface area contributed by atoms with Crippen LogP contribution in [0.25, 0.3) is 0 Å². The van der Waals surface area contributed by atoms with Crippen molar-refractivity contribution in [3.63, 3.8) is 0 Å². The van der Waals surface area contributed by atoms with Crippen molar-refractivity contribution in [2.45, 2.75) is 59.3 Å². The number of carboxylic acids is 1. The molecule has 0 radical (unpaired) electrons. The Balaban J connectivity index is 2.22. The third-order valence-electron chi connectivity index (χ3n) is 3.89. The molecule has 1 atom stereocenters. The van der Waals surface area contributed by atoms with Crippen LogP contribution in [0.5, 0.6) is 0 Å². The summed E-state index contributed by atoms with van der Waals surface area (Å²) in [7, 11) is 0. The number of rotatable bonds is 4. The predicted molar refractivity (Wildman–Crippen MR) is 61.8 cm³/mol. The summed E-state index contributed by atoms with van der Waals surface area (Å²) in [5, 5.41) is 8.79. The first-order valence-corrected chi connectivity index (χ1v) is 6.13. The molecular formula is C13H24O2. The van der Waals surface area contributed by atoms with Gasteiger partial charge in [-0.3, -0.25) is 4.79 Å². The van der Waals surface area contributed by atoms with Crippen LogP contribution in [0.2, 0.25) is 0 Å². The van der Waals surface area contributed by atoms with Gasteiger partial charge in [0.15, 0.2) is 0 Å². The molecule has 88 valence electrons. The summed E-state index contributed by atoms with van der Waals surface area (Å²) in [6.45, 7) is 6.49. The molecule has 0 heterocycles. The van der Waals surface area contributed by atoms with Gasteiger partial charge in [0, 0.05) is 0 Å². The van der Waals surface area contributed by atoms with E-state index in [1.54, 1.807) is 0 Å². The Morgan fingerprint density at radius 3 is 2.40 bits per heavy atom. The lowest BCUT2D eigenvalue weighted by Gasteiger charge is -2.34. The zero-order valence-corrected chi connectivity index (χ0v) is 10.3. The van der Waals surface area contributed by atoms with Crippen LogP contribution in [0.15, 0.2) is 0 Å². The molecule has 1 unspecified atom stereocenters. The first-order chi connectivity index (χ1) is 6.91. The molecule has 0 bridgehead atoms. The predicted octanol–water partition coefficient (Wildman–Crippen LogP) is 3.70. The minimum Gasteiger partial charge on any atom is -0.481 e. The average Bonchev–Trinajstić information content (AvgIpc) is 2.15. The smallest absolute Gasteiger partial charge is 0.306 e. The lowest BCUT2D eigenvalue weighted by Crippen LogP contribution is -2.22. The van der Waals surface area contributed by atoms with E-state index in [-0.39, 0.29) is 5.92 Å². The van der Waals surface area contributed by atoms with Crippen LogP contribution in [0.1, 0.15) is 59.3 Å². The van der Waals surface area contributed by atoms with Crippen molar-refractivity contribution in [1.29, 1.82) is 0 Å². The Morgan fingerprint density at radius 2 is 1.93 bits per heavy atom. The molecule has 1 aliphatic carbocycles. The maximum absolute atomic E-state index is 10.7. The SMILES string of the molecule is CC(CCC1CCC(C)(C)CC1)C(=O)O. The van der Waals surface area contributed by atoms with E-state index in [1.165, 1.54) is 25.7 Å². The highest BCUT2D eigenvalue weighted by atomic mass is 16.4. The normalized spacial score (nSPS) is 23.7. The highest BCUT2D eigenvalue weighted by molar-refractivity contribution is 5.69. The molecule has 0 saturated heterocycles. The molecule has 1 fully saturated rings. The fourth-order valence-corrected chi connectivity index (χ4v) is 2.36. The maximum atomic E-state index is 10.7. The Morgan fingerprint density at radius 1 is 1.40 bits per heavy atom. The molecule has 1 aliphatic rings. The van der Waals surface area contributed by atoms with Crippen molar-refractivity contribution in [2.24, 2.45) is 17.3 Å². The quantitative estimate of drug-likeness (QED) is 0.771. The number of aliphatic carboxylic acids is 1. The van der Waals surface area contributed by atoms with Crippen molar-refractivity contribution in [1.82, 2.24) is 0 Å². The highest BCUT2D eigenvalue weighted by Crippen LogP contribution is 2.39. The van der Waals surface area contributed by atoms with E-state index in [2.05, 4.69) is 13.8 Å². The topological polar surface area (TPSA) is 37.3 Å². The van der Waals surface area contributed by atoms with Gasteiger partial charge in [-0.05, 0) is 49.9 Å². The standard InChI is InChI=1S/C13H24O2/c1-10(12(14)15)4-5-11-6-8-13(2,3)9-7-11/h10-11H,4-9H2,1-3H3,(H,14,15). The van der Waals surface area contributed by atoms with Crippen LogP contribution in [0.4, 0.5) is 0 Å². The Hall–Kier alpha value is -0.530.